The van der Waals surface area contributed by atoms with Gasteiger partial charge in [-0.25, -0.2) is 14.8 Å². The molecule has 0 unspecified atom stereocenters. The largest absolute Gasteiger partial charge is 0.481 e. The van der Waals surface area contributed by atoms with Gasteiger partial charge in [0.25, 0.3) is 0 Å². The summed E-state index contributed by atoms with van der Waals surface area (Å²) in [5.74, 6) is 0.832. The number of carboxylic acid groups (broad SMARTS) is 1. The summed E-state index contributed by atoms with van der Waals surface area (Å²) in [7, 11) is 1.67. The van der Waals surface area contributed by atoms with E-state index in [2.05, 4.69) is 14.8 Å². The van der Waals surface area contributed by atoms with Gasteiger partial charge in [0.15, 0.2) is 0 Å². The van der Waals surface area contributed by atoms with Gasteiger partial charge in [-0.3, -0.25) is 9.69 Å². The van der Waals surface area contributed by atoms with Crippen molar-refractivity contribution in [3.05, 3.63) is 100 Å². The molecule has 0 bridgehead atoms. The molecule has 1 amide bonds. The maximum absolute atomic E-state index is 12.8. The Balaban J connectivity index is 1.29. The number of aliphatic carboxylic acids is 1. The number of aromatic nitrogens is 2. The van der Waals surface area contributed by atoms with Gasteiger partial charge in [-0.1, -0.05) is 53.5 Å². The molecule has 4 aromatic rings. The summed E-state index contributed by atoms with van der Waals surface area (Å²) in [4.78, 5) is 38.7. The fraction of sp³-hybridized carbons (Fsp3) is 0.273. The molecule has 10 nitrogen and oxygen atoms in total. The van der Waals surface area contributed by atoms with Crippen molar-refractivity contribution in [3.8, 4) is 22.9 Å². The Hall–Kier alpha value is -4.38. The zero-order valence-electron chi connectivity index (χ0n) is 24.7. The minimum atomic E-state index is -0.786. The summed E-state index contributed by atoms with van der Waals surface area (Å²) in [5.41, 5.74) is 2.93. The van der Waals surface area contributed by atoms with E-state index in [9.17, 15) is 9.59 Å². The van der Waals surface area contributed by atoms with Crippen LogP contribution >= 0.6 is 23.2 Å². The van der Waals surface area contributed by atoms with Crippen molar-refractivity contribution >= 4 is 41.1 Å². The molecule has 1 saturated heterocycles. The molecule has 1 N–H and O–H groups in total. The van der Waals surface area contributed by atoms with Gasteiger partial charge in [0.2, 0.25) is 5.88 Å². The summed E-state index contributed by atoms with van der Waals surface area (Å²) >= 11 is 12.6. The van der Waals surface area contributed by atoms with E-state index in [1.165, 1.54) is 4.90 Å². The van der Waals surface area contributed by atoms with E-state index in [1.54, 1.807) is 37.5 Å². The third-order valence-corrected chi connectivity index (χ3v) is 7.67. The lowest BCUT2D eigenvalue weighted by Crippen LogP contribution is -2.47. The monoisotopic (exact) mass is 649 g/mol. The minimum absolute atomic E-state index is 0.139. The molecular weight excluding hydrogens is 617 g/mol. The van der Waals surface area contributed by atoms with E-state index in [0.29, 0.717) is 39.5 Å². The molecule has 2 aromatic heterocycles. The molecule has 0 saturated carbocycles. The Morgan fingerprint density at radius 1 is 0.933 bits per heavy atom. The Labute approximate surface area is 271 Å². The van der Waals surface area contributed by atoms with Gasteiger partial charge in [0.1, 0.15) is 18.2 Å². The van der Waals surface area contributed by atoms with Crippen LogP contribution in [-0.2, 0) is 22.7 Å². The first kappa shape index (κ1) is 32.0. The van der Waals surface area contributed by atoms with Gasteiger partial charge in [-0.2, -0.15) is 0 Å². The number of carbonyl (C=O) groups excluding carboxylic acids is 1. The molecular formula is C33H33Cl2N5O5. The van der Waals surface area contributed by atoms with Crippen LogP contribution in [0.4, 0.5) is 10.6 Å². The van der Waals surface area contributed by atoms with Crippen LogP contribution in [0.15, 0.2) is 79.0 Å². The molecule has 5 rings (SSSR count). The lowest BCUT2D eigenvalue weighted by atomic mass is 10.1. The summed E-state index contributed by atoms with van der Waals surface area (Å²) in [6.07, 6.45) is 1.32. The fourth-order valence-electron chi connectivity index (χ4n) is 4.92. The van der Waals surface area contributed by atoms with Crippen molar-refractivity contribution in [1.29, 1.82) is 0 Å². The van der Waals surface area contributed by atoms with E-state index in [4.69, 9.17) is 42.8 Å². The minimum Gasteiger partial charge on any atom is -0.481 e. The number of pyridine rings is 2. The average molecular weight is 651 g/mol. The highest BCUT2D eigenvalue weighted by atomic mass is 35.5. The summed E-state index contributed by atoms with van der Waals surface area (Å²) in [5, 5.41) is 9.88. The zero-order valence-corrected chi connectivity index (χ0v) is 26.2. The Morgan fingerprint density at radius 3 is 2.33 bits per heavy atom. The molecule has 0 spiro atoms. The predicted molar refractivity (Wildman–Crippen MR) is 173 cm³/mol. The third-order valence-electron chi connectivity index (χ3n) is 7.24. The molecule has 3 heterocycles. The normalized spacial score (nSPS) is 13.4. The number of amides is 1. The molecule has 1 aliphatic heterocycles. The molecule has 2 aromatic carbocycles. The van der Waals surface area contributed by atoms with Crippen LogP contribution in [0, 0.1) is 0 Å². The zero-order chi connectivity index (χ0) is 31.8. The lowest BCUT2D eigenvalue weighted by Gasteiger charge is -2.35. The maximum Gasteiger partial charge on any atom is 0.410 e. The van der Waals surface area contributed by atoms with E-state index >= 15 is 0 Å². The highest BCUT2D eigenvalue weighted by Gasteiger charge is 2.19. The first-order chi connectivity index (χ1) is 21.7. The van der Waals surface area contributed by atoms with Crippen LogP contribution in [0.25, 0.3) is 11.3 Å². The Kier molecular flexibility index (Phi) is 10.7. The highest BCUT2D eigenvalue weighted by molar-refractivity contribution is 6.35. The van der Waals surface area contributed by atoms with Gasteiger partial charge in [0.05, 0.1) is 18.3 Å². The van der Waals surface area contributed by atoms with Crippen molar-refractivity contribution in [1.82, 2.24) is 19.8 Å². The number of ether oxygens (including phenoxy) is 2. The number of halogens is 2. The maximum atomic E-state index is 12.8. The highest BCUT2D eigenvalue weighted by Crippen LogP contribution is 2.30. The van der Waals surface area contributed by atoms with Crippen LogP contribution in [0.2, 0.25) is 10.0 Å². The van der Waals surface area contributed by atoms with Crippen LogP contribution in [0.5, 0.6) is 11.6 Å². The van der Waals surface area contributed by atoms with Crippen LogP contribution in [0.3, 0.4) is 0 Å². The first-order valence-electron chi connectivity index (χ1n) is 14.4. The number of hydrogen-bond acceptors (Lipinski definition) is 8. The van der Waals surface area contributed by atoms with E-state index in [1.807, 2.05) is 48.5 Å². The van der Waals surface area contributed by atoms with E-state index < -0.39 is 12.1 Å². The van der Waals surface area contributed by atoms with Gasteiger partial charge in [-0.15, -0.1) is 0 Å². The van der Waals surface area contributed by atoms with Crippen molar-refractivity contribution in [3.63, 3.8) is 0 Å². The summed E-state index contributed by atoms with van der Waals surface area (Å²) in [6, 6.07) is 22.0. The molecule has 1 fully saturated rings. The first-order valence-corrected chi connectivity index (χ1v) is 15.2. The predicted octanol–water partition coefficient (Wildman–Crippen LogP) is 6.61. The standard InChI is InChI=1S/C33H33Cl2N5O5/c1-38(33(43)44-22-23-5-3-2-4-6-23)21-24-15-29(25-17-26(34)19-27(35)18-25)37-31(16-24)45-28-7-8-30(36-20-28)40-13-11-39(12-14-40)10-9-32(41)42/h2-8,15-20H,9-14,21-22H2,1H3,(H,41,42). The Bertz CT molecular complexity index is 1600. The van der Waals surface area contributed by atoms with Gasteiger partial charge in [-0.05, 0) is 47.5 Å². The number of carbonyl (C=O) groups is 2. The molecule has 0 aliphatic carbocycles. The average Bonchev–Trinajstić information content (AvgIpc) is 3.03. The fourth-order valence-corrected chi connectivity index (χ4v) is 5.44. The van der Waals surface area contributed by atoms with Crippen molar-refractivity contribution in [2.75, 3.05) is 44.7 Å². The second-order valence-electron chi connectivity index (χ2n) is 10.7. The smallest absolute Gasteiger partial charge is 0.410 e. The van der Waals surface area contributed by atoms with Gasteiger partial charge >= 0.3 is 12.1 Å². The van der Waals surface area contributed by atoms with E-state index in [-0.39, 0.29) is 19.6 Å². The number of piperazine rings is 1. The number of nitrogens with zero attached hydrogens (tertiary/aromatic N) is 5. The van der Waals surface area contributed by atoms with Crippen molar-refractivity contribution < 1.29 is 24.2 Å². The lowest BCUT2D eigenvalue weighted by molar-refractivity contribution is -0.137. The number of benzene rings is 2. The molecule has 12 heteroatoms. The summed E-state index contributed by atoms with van der Waals surface area (Å²) in [6.45, 7) is 4.01. The molecule has 234 valence electrons. The number of carboxylic acids is 1. The van der Waals surface area contributed by atoms with Crippen LogP contribution < -0.4 is 9.64 Å². The topological polar surface area (TPSA) is 108 Å². The van der Waals surface area contributed by atoms with Gasteiger partial charge < -0.3 is 24.4 Å². The quantitative estimate of drug-likeness (QED) is 0.192. The SMILES string of the molecule is CN(Cc1cc(Oc2ccc(N3CCN(CCC(=O)O)CC3)nc2)nc(-c2cc(Cl)cc(Cl)c2)c1)C(=O)OCc1ccccc1. The van der Waals surface area contributed by atoms with Crippen molar-refractivity contribution in [2.45, 2.75) is 19.6 Å². The second-order valence-corrected chi connectivity index (χ2v) is 11.6. The number of rotatable bonds is 11. The molecule has 45 heavy (non-hydrogen) atoms. The molecule has 1 aliphatic rings. The van der Waals surface area contributed by atoms with Crippen LogP contribution in [0.1, 0.15) is 17.5 Å². The number of anilines is 1. The molecule has 0 radical (unpaired) electrons. The van der Waals surface area contributed by atoms with Crippen molar-refractivity contribution in [2.24, 2.45) is 0 Å². The Morgan fingerprint density at radius 2 is 1.67 bits per heavy atom. The molecule has 0 atom stereocenters. The summed E-state index contributed by atoms with van der Waals surface area (Å²) < 4.78 is 11.6. The van der Waals surface area contributed by atoms with E-state index in [0.717, 1.165) is 43.1 Å². The van der Waals surface area contributed by atoms with Gasteiger partial charge in [0, 0.05) is 68.0 Å². The second kappa shape index (κ2) is 15.1. The van der Waals surface area contributed by atoms with Crippen LogP contribution in [-0.4, -0.2) is 76.7 Å². The number of hydrogen-bond donors (Lipinski definition) is 1. The third kappa shape index (κ3) is 9.31.